The van der Waals surface area contributed by atoms with Crippen molar-refractivity contribution in [2.75, 3.05) is 6.54 Å². The summed E-state index contributed by atoms with van der Waals surface area (Å²) in [5.41, 5.74) is 4.07. The van der Waals surface area contributed by atoms with Gasteiger partial charge in [-0.25, -0.2) is 0 Å². The van der Waals surface area contributed by atoms with E-state index in [2.05, 4.69) is 16.2 Å². The molecule has 4 atom stereocenters. The molecule has 0 aliphatic heterocycles. The number of aromatic hydroxyl groups is 1. The Labute approximate surface area is 168 Å². The summed E-state index contributed by atoms with van der Waals surface area (Å²) in [4.78, 5) is 36.6. The van der Waals surface area contributed by atoms with Gasteiger partial charge in [-0.2, -0.15) is 0 Å². The van der Waals surface area contributed by atoms with Gasteiger partial charge in [0.05, 0.1) is 17.5 Å². The van der Waals surface area contributed by atoms with E-state index in [-0.39, 0.29) is 28.6 Å². The number of rotatable bonds is 4. The van der Waals surface area contributed by atoms with Gasteiger partial charge in [0.1, 0.15) is 5.75 Å². The molecule has 4 fully saturated rings. The van der Waals surface area contributed by atoms with Gasteiger partial charge in [-0.1, -0.05) is 12.1 Å². The van der Waals surface area contributed by atoms with Crippen molar-refractivity contribution in [3.8, 4) is 5.75 Å². The molecule has 150 valence electrons. The fourth-order valence-corrected chi connectivity index (χ4v) is 6.36. The zero-order valence-electron chi connectivity index (χ0n) is 15.5. The van der Waals surface area contributed by atoms with E-state index >= 15 is 0 Å². The third kappa shape index (κ3) is 3.55. The van der Waals surface area contributed by atoms with Gasteiger partial charge >= 0.3 is 0 Å². The molecule has 3 amide bonds. The Balaban J connectivity index is 1.29. The number of hydrogen-bond acceptors (Lipinski definition) is 4. The zero-order chi connectivity index (χ0) is 19.9. The number of alkyl halides is 1. The second-order valence-electron chi connectivity index (χ2n) is 8.59. The Morgan fingerprint density at radius 3 is 2.39 bits per heavy atom. The first-order valence-electron chi connectivity index (χ1n) is 9.63. The lowest BCUT2D eigenvalue weighted by Gasteiger charge is -2.59. The smallest absolute Gasteiger partial charge is 0.273 e. The largest absolute Gasteiger partial charge is 0.507 e. The summed E-state index contributed by atoms with van der Waals surface area (Å²) in [6.45, 7) is -0.230. The number of halogens is 1. The van der Waals surface area contributed by atoms with Crippen LogP contribution in [0.2, 0.25) is 0 Å². The van der Waals surface area contributed by atoms with Crippen LogP contribution in [0.4, 0.5) is 0 Å². The summed E-state index contributed by atoms with van der Waals surface area (Å²) in [6, 6.07) is 6.02. The van der Waals surface area contributed by atoms with Crippen LogP contribution in [-0.2, 0) is 9.59 Å². The number of phenols is 1. The summed E-state index contributed by atoms with van der Waals surface area (Å²) < 4.78 is 0. The third-order valence-corrected chi connectivity index (χ3v) is 6.79. The molecule has 4 aliphatic rings. The van der Waals surface area contributed by atoms with Crippen LogP contribution in [0.15, 0.2) is 24.3 Å². The summed E-state index contributed by atoms with van der Waals surface area (Å²) in [7, 11) is 0. The van der Waals surface area contributed by atoms with Gasteiger partial charge < -0.3 is 10.4 Å². The van der Waals surface area contributed by atoms with E-state index in [0.29, 0.717) is 18.3 Å². The van der Waals surface area contributed by atoms with Crippen molar-refractivity contribution in [2.24, 2.45) is 17.3 Å². The first-order valence-corrected chi connectivity index (χ1v) is 10.0. The summed E-state index contributed by atoms with van der Waals surface area (Å²) in [5.74, 6) is -0.481. The fraction of sp³-hybridized carbons (Fsp3) is 0.550. The summed E-state index contributed by atoms with van der Waals surface area (Å²) in [6.07, 6.45) is 5.48. The highest BCUT2D eigenvalue weighted by Gasteiger charge is 2.60. The van der Waals surface area contributed by atoms with Crippen LogP contribution >= 0.6 is 11.6 Å². The van der Waals surface area contributed by atoms with E-state index in [1.165, 1.54) is 12.1 Å². The zero-order valence-corrected chi connectivity index (χ0v) is 16.2. The highest BCUT2D eigenvalue weighted by molar-refractivity contribution is 6.24. The first kappa shape index (κ1) is 19.1. The van der Waals surface area contributed by atoms with Crippen LogP contribution in [0, 0.1) is 17.3 Å². The molecule has 1 aromatic rings. The fourth-order valence-electron chi connectivity index (χ4n) is 5.67. The SMILES string of the molecule is O=C(CNC(=O)C12C[C@@H]3C[C@@H](CC(Cl)(C3)C1)C2)NNC(=O)c1ccccc1O. The molecule has 8 heteroatoms. The van der Waals surface area contributed by atoms with Gasteiger partial charge in [0.25, 0.3) is 11.8 Å². The summed E-state index contributed by atoms with van der Waals surface area (Å²) >= 11 is 6.76. The van der Waals surface area contributed by atoms with Crippen molar-refractivity contribution >= 4 is 29.3 Å². The van der Waals surface area contributed by atoms with E-state index in [1.54, 1.807) is 12.1 Å². The molecule has 4 saturated carbocycles. The molecule has 0 spiro atoms. The van der Waals surface area contributed by atoms with Gasteiger partial charge in [0.2, 0.25) is 5.91 Å². The highest BCUT2D eigenvalue weighted by atomic mass is 35.5. The maximum Gasteiger partial charge on any atom is 0.273 e. The lowest BCUT2D eigenvalue weighted by Crippen LogP contribution is -2.59. The molecular weight excluding hydrogens is 382 g/mol. The van der Waals surface area contributed by atoms with Crippen LogP contribution in [0.1, 0.15) is 48.9 Å². The maximum atomic E-state index is 12.9. The number of benzene rings is 1. The van der Waals surface area contributed by atoms with E-state index in [1.807, 2.05) is 0 Å². The molecular formula is C20H24ClN3O4. The van der Waals surface area contributed by atoms with Crippen LogP contribution < -0.4 is 16.2 Å². The average molecular weight is 406 g/mol. The standard InChI is InChI=1S/C20H24ClN3O4/c21-20-8-12-5-13(9-20)7-19(6-12,11-20)18(28)22-10-16(26)23-24-17(27)14-3-1-2-4-15(14)25/h1-4,12-13,25H,5-11H2,(H,22,28)(H,23,26)(H,24,27)/t12-,13+,19?,20?. The van der Waals surface area contributed by atoms with Crippen molar-refractivity contribution in [3.05, 3.63) is 29.8 Å². The number of carbonyl (C=O) groups excluding carboxylic acids is 3. The third-order valence-electron chi connectivity index (χ3n) is 6.34. The van der Waals surface area contributed by atoms with Crippen molar-refractivity contribution in [3.63, 3.8) is 0 Å². The number of carbonyl (C=O) groups is 3. The Morgan fingerprint density at radius 1 is 1.07 bits per heavy atom. The topological polar surface area (TPSA) is 108 Å². The van der Waals surface area contributed by atoms with Crippen LogP contribution in [0.25, 0.3) is 0 Å². The molecule has 0 heterocycles. The van der Waals surface area contributed by atoms with Gasteiger partial charge in [0, 0.05) is 4.87 Å². The van der Waals surface area contributed by atoms with Gasteiger partial charge in [0.15, 0.2) is 0 Å². The van der Waals surface area contributed by atoms with E-state index in [4.69, 9.17) is 11.6 Å². The molecule has 28 heavy (non-hydrogen) atoms. The second kappa shape index (κ2) is 6.95. The lowest BCUT2D eigenvalue weighted by atomic mass is 9.49. The molecule has 4 bridgehead atoms. The van der Waals surface area contributed by atoms with Crippen molar-refractivity contribution in [1.82, 2.24) is 16.2 Å². The number of amides is 3. The molecule has 0 aromatic heterocycles. The predicted molar refractivity (Wildman–Crippen MR) is 102 cm³/mol. The quantitative estimate of drug-likeness (QED) is 0.453. The number of para-hydroxylation sites is 1. The lowest BCUT2D eigenvalue weighted by molar-refractivity contribution is -0.145. The Morgan fingerprint density at radius 2 is 1.75 bits per heavy atom. The number of hydrogen-bond donors (Lipinski definition) is 4. The molecule has 5 rings (SSSR count). The predicted octanol–water partition coefficient (Wildman–Crippen LogP) is 1.85. The van der Waals surface area contributed by atoms with E-state index in [9.17, 15) is 19.5 Å². The number of hydrazine groups is 1. The summed E-state index contributed by atoms with van der Waals surface area (Å²) in [5, 5.41) is 12.4. The molecule has 2 unspecified atom stereocenters. The minimum Gasteiger partial charge on any atom is -0.507 e. The molecule has 1 aromatic carbocycles. The average Bonchev–Trinajstić information content (AvgIpc) is 2.62. The number of phenolic OH excluding ortho intramolecular Hbond substituents is 1. The molecule has 4 N–H and O–H groups in total. The van der Waals surface area contributed by atoms with Gasteiger partial charge in [-0.05, 0) is 62.5 Å². The molecule has 4 aliphatic carbocycles. The van der Waals surface area contributed by atoms with Crippen molar-refractivity contribution in [1.29, 1.82) is 0 Å². The van der Waals surface area contributed by atoms with Crippen LogP contribution in [0.3, 0.4) is 0 Å². The first-order chi connectivity index (χ1) is 13.3. The highest BCUT2D eigenvalue weighted by Crippen LogP contribution is 2.63. The monoisotopic (exact) mass is 405 g/mol. The van der Waals surface area contributed by atoms with E-state index < -0.39 is 17.2 Å². The Hall–Kier alpha value is -2.28. The molecule has 0 radical (unpaired) electrons. The van der Waals surface area contributed by atoms with Crippen molar-refractivity contribution < 1.29 is 19.5 Å². The molecule has 0 saturated heterocycles. The Kier molecular flexibility index (Phi) is 4.73. The second-order valence-corrected chi connectivity index (χ2v) is 9.40. The normalized spacial score (nSPS) is 32.6. The minimum absolute atomic E-state index is 0.0489. The van der Waals surface area contributed by atoms with Gasteiger partial charge in [-0.3, -0.25) is 25.2 Å². The maximum absolute atomic E-state index is 12.9. The van der Waals surface area contributed by atoms with Crippen molar-refractivity contribution in [2.45, 2.75) is 43.4 Å². The van der Waals surface area contributed by atoms with Crippen LogP contribution in [0.5, 0.6) is 5.75 Å². The minimum atomic E-state index is -0.636. The number of nitrogens with one attached hydrogen (secondary N) is 3. The van der Waals surface area contributed by atoms with Gasteiger partial charge in [-0.15, -0.1) is 11.6 Å². The van der Waals surface area contributed by atoms with Crippen LogP contribution in [-0.4, -0.2) is 34.2 Å². The Bertz CT molecular complexity index is 813. The molecule has 7 nitrogen and oxygen atoms in total. The van der Waals surface area contributed by atoms with E-state index in [0.717, 1.165) is 32.1 Å².